The average molecular weight is 310 g/mol. The van der Waals surface area contributed by atoms with Crippen LogP contribution < -0.4 is 4.72 Å². The molecule has 0 aliphatic rings. The Morgan fingerprint density at radius 3 is 2.71 bits per heavy atom. The molecular formula is C14H22N4O2S. The van der Waals surface area contributed by atoms with Gasteiger partial charge in [0.1, 0.15) is 5.82 Å². The zero-order valence-corrected chi connectivity index (χ0v) is 13.5. The molecule has 6 nitrogen and oxygen atoms in total. The van der Waals surface area contributed by atoms with Gasteiger partial charge in [-0.25, -0.2) is 18.1 Å². The number of nitrogens with zero attached hydrogens (tertiary/aromatic N) is 3. The van der Waals surface area contributed by atoms with Crippen molar-refractivity contribution in [3.05, 3.63) is 30.1 Å². The quantitative estimate of drug-likeness (QED) is 0.826. The lowest BCUT2D eigenvalue weighted by molar-refractivity contribution is 0.316. The number of rotatable bonds is 7. The molecule has 0 unspecified atom stereocenters. The van der Waals surface area contributed by atoms with Crippen LogP contribution in [-0.2, 0) is 23.6 Å². The summed E-state index contributed by atoms with van der Waals surface area (Å²) in [5.74, 6) is 1.13. The number of sulfonamides is 1. The molecule has 0 radical (unpaired) electrons. The molecule has 1 aromatic heterocycles. The van der Waals surface area contributed by atoms with Crippen LogP contribution in [0.3, 0.4) is 0 Å². The number of aryl methyl sites for hydroxylation is 1. The van der Waals surface area contributed by atoms with E-state index < -0.39 is 10.0 Å². The fourth-order valence-electron chi connectivity index (χ4n) is 2.28. The summed E-state index contributed by atoms with van der Waals surface area (Å²) in [6.07, 6.45) is 0.601. The Morgan fingerprint density at radius 1 is 1.33 bits per heavy atom. The van der Waals surface area contributed by atoms with Gasteiger partial charge in [0.2, 0.25) is 10.0 Å². The average Bonchev–Trinajstić information content (AvgIpc) is 2.76. The number of imidazole rings is 1. The van der Waals surface area contributed by atoms with Crippen LogP contribution in [0.4, 0.5) is 0 Å². The van der Waals surface area contributed by atoms with Crippen LogP contribution >= 0.6 is 0 Å². The van der Waals surface area contributed by atoms with E-state index in [0.29, 0.717) is 19.5 Å². The summed E-state index contributed by atoms with van der Waals surface area (Å²) in [7, 11) is 2.31. The van der Waals surface area contributed by atoms with Crippen molar-refractivity contribution in [2.45, 2.75) is 13.0 Å². The molecule has 0 bridgehead atoms. The second-order valence-corrected chi connectivity index (χ2v) is 7.24. The fourth-order valence-corrected chi connectivity index (χ4v) is 3.00. The Kier molecular flexibility index (Phi) is 4.97. The first kappa shape index (κ1) is 15.9. The van der Waals surface area contributed by atoms with Gasteiger partial charge in [0, 0.05) is 7.05 Å². The van der Waals surface area contributed by atoms with E-state index in [2.05, 4.69) is 19.2 Å². The molecule has 0 saturated heterocycles. The third kappa shape index (κ3) is 4.03. The van der Waals surface area contributed by atoms with Crippen molar-refractivity contribution in [2.24, 2.45) is 7.05 Å². The Labute approximate surface area is 125 Å². The van der Waals surface area contributed by atoms with Gasteiger partial charge >= 0.3 is 0 Å². The molecule has 0 saturated carbocycles. The predicted octanol–water partition coefficient (Wildman–Crippen LogP) is 0.944. The van der Waals surface area contributed by atoms with Gasteiger partial charge < -0.3 is 4.57 Å². The zero-order valence-electron chi connectivity index (χ0n) is 12.7. The van der Waals surface area contributed by atoms with E-state index in [0.717, 1.165) is 16.9 Å². The van der Waals surface area contributed by atoms with Crippen LogP contribution in [0, 0.1) is 0 Å². The van der Waals surface area contributed by atoms with Gasteiger partial charge in [0.25, 0.3) is 0 Å². The molecule has 2 aromatic rings. The number of benzene rings is 1. The summed E-state index contributed by atoms with van der Waals surface area (Å²) < 4.78 is 27.1. The third-order valence-corrected chi connectivity index (χ3v) is 5.00. The van der Waals surface area contributed by atoms with E-state index in [1.165, 1.54) is 7.05 Å². The molecule has 0 spiro atoms. The van der Waals surface area contributed by atoms with Crippen molar-refractivity contribution in [3.8, 4) is 0 Å². The first-order valence-electron chi connectivity index (χ1n) is 6.93. The Hall–Kier alpha value is -1.44. The largest absolute Gasteiger partial charge is 0.330 e. The van der Waals surface area contributed by atoms with Crippen molar-refractivity contribution in [1.29, 1.82) is 0 Å². The van der Waals surface area contributed by atoms with E-state index in [9.17, 15) is 8.42 Å². The minimum absolute atomic E-state index is 0.149. The van der Waals surface area contributed by atoms with E-state index in [1.54, 1.807) is 0 Å². The molecule has 21 heavy (non-hydrogen) atoms. The summed E-state index contributed by atoms with van der Waals surface area (Å²) >= 11 is 0. The van der Waals surface area contributed by atoms with E-state index in [4.69, 9.17) is 0 Å². The zero-order chi connectivity index (χ0) is 15.5. The van der Waals surface area contributed by atoms with Crippen LogP contribution in [0.15, 0.2) is 24.3 Å². The lowest BCUT2D eigenvalue weighted by Crippen LogP contribution is -2.26. The number of fused-ring (bicyclic) bond motifs is 1. The summed E-state index contributed by atoms with van der Waals surface area (Å²) in [5, 5.41) is 0. The number of hydrogen-bond acceptors (Lipinski definition) is 4. The van der Waals surface area contributed by atoms with Crippen molar-refractivity contribution in [2.75, 3.05) is 26.4 Å². The molecular weight excluding hydrogens is 288 g/mol. The highest BCUT2D eigenvalue weighted by Crippen LogP contribution is 2.15. The highest BCUT2D eigenvalue weighted by atomic mass is 32.2. The molecule has 0 aliphatic heterocycles. The van der Waals surface area contributed by atoms with Gasteiger partial charge in [-0.05, 0) is 39.2 Å². The first-order chi connectivity index (χ1) is 9.93. The van der Waals surface area contributed by atoms with Gasteiger partial charge in [0.15, 0.2) is 0 Å². The topological polar surface area (TPSA) is 67.2 Å². The van der Waals surface area contributed by atoms with Crippen LogP contribution in [0.1, 0.15) is 12.2 Å². The smallest absolute Gasteiger partial charge is 0.211 e. The second kappa shape index (κ2) is 6.55. The Bertz CT molecular complexity index is 709. The number of hydrogen-bond donors (Lipinski definition) is 1. The normalized spacial score (nSPS) is 12.4. The van der Waals surface area contributed by atoms with Gasteiger partial charge in [-0.2, -0.15) is 0 Å². The van der Waals surface area contributed by atoms with Crippen molar-refractivity contribution >= 4 is 21.1 Å². The fraction of sp³-hybridized carbons (Fsp3) is 0.500. The summed E-state index contributed by atoms with van der Waals surface area (Å²) in [4.78, 5) is 6.71. The predicted molar refractivity (Wildman–Crippen MR) is 84.5 cm³/mol. The molecule has 1 heterocycles. The number of para-hydroxylation sites is 2. The molecule has 1 N–H and O–H groups in total. The van der Waals surface area contributed by atoms with Gasteiger partial charge in [-0.15, -0.1) is 0 Å². The maximum absolute atomic E-state index is 11.4. The molecule has 0 atom stereocenters. The molecule has 1 aromatic carbocycles. The summed E-state index contributed by atoms with van der Waals surface area (Å²) in [6, 6.07) is 8.02. The second-order valence-electron chi connectivity index (χ2n) is 5.19. The van der Waals surface area contributed by atoms with Crippen molar-refractivity contribution in [3.63, 3.8) is 0 Å². The minimum atomic E-state index is -3.11. The molecule has 116 valence electrons. The number of nitrogens with one attached hydrogen (secondary N) is 1. The SMILES string of the molecule is CNS(=O)(=O)CCCN(C)Cc1nc2ccccc2n1C. The van der Waals surface area contributed by atoms with E-state index >= 15 is 0 Å². The highest BCUT2D eigenvalue weighted by Gasteiger charge is 2.11. The first-order valence-corrected chi connectivity index (χ1v) is 8.58. The van der Waals surface area contributed by atoms with Gasteiger partial charge in [-0.3, -0.25) is 4.90 Å². The Morgan fingerprint density at radius 2 is 2.05 bits per heavy atom. The van der Waals surface area contributed by atoms with Gasteiger partial charge in [-0.1, -0.05) is 12.1 Å². The summed E-state index contributed by atoms with van der Waals surface area (Å²) in [6.45, 7) is 1.41. The summed E-state index contributed by atoms with van der Waals surface area (Å²) in [5.41, 5.74) is 2.10. The Balaban J connectivity index is 1.95. The minimum Gasteiger partial charge on any atom is -0.330 e. The van der Waals surface area contributed by atoms with Crippen molar-refractivity contribution in [1.82, 2.24) is 19.2 Å². The molecule has 2 rings (SSSR count). The van der Waals surface area contributed by atoms with E-state index in [1.807, 2.05) is 38.4 Å². The maximum atomic E-state index is 11.4. The lowest BCUT2D eigenvalue weighted by Gasteiger charge is -2.16. The standard InChI is InChI=1S/C14H22N4O2S/c1-15-21(19,20)10-6-9-17(2)11-14-16-12-7-4-5-8-13(12)18(14)3/h4-5,7-8,15H,6,9-11H2,1-3H3. The monoisotopic (exact) mass is 310 g/mol. The number of aromatic nitrogens is 2. The molecule has 0 fully saturated rings. The van der Waals surface area contributed by atoms with Crippen LogP contribution in [0.25, 0.3) is 11.0 Å². The van der Waals surface area contributed by atoms with Gasteiger partial charge in [0.05, 0.1) is 23.3 Å². The van der Waals surface area contributed by atoms with Crippen LogP contribution in [-0.4, -0.2) is 49.3 Å². The third-order valence-electron chi connectivity index (χ3n) is 3.56. The van der Waals surface area contributed by atoms with Crippen molar-refractivity contribution < 1.29 is 8.42 Å². The highest BCUT2D eigenvalue weighted by molar-refractivity contribution is 7.89. The lowest BCUT2D eigenvalue weighted by atomic mass is 10.3. The molecule has 0 amide bonds. The molecule has 7 heteroatoms. The maximum Gasteiger partial charge on any atom is 0.211 e. The van der Waals surface area contributed by atoms with E-state index in [-0.39, 0.29) is 5.75 Å². The molecule has 0 aliphatic carbocycles. The van der Waals surface area contributed by atoms with Crippen LogP contribution in [0.2, 0.25) is 0 Å². The van der Waals surface area contributed by atoms with Crippen LogP contribution in [0.5, 0.6) is 0 Å².